The molecule has 2 heterocycles. The van der Waals surface area contributed by atoms with E-state index in [2.05, 4.69) is 4.98 Å². The highest BCUT2D eigenvalue weighted by molar-refractivity contribution is 5.72. The van der Waals surface area contributed by atoms with Crippen molar-refractivity contribution in [2.75, 3.05) is 19.0 Å². The number of aliphatic hydroxyl groups is 1. The van der Waals surface area contributed by atoms with Crippen molar-refractivity contribution >= 4 is 17.8 Å². The lowest BCUT2D eigenvalue weighted by Gasteiger charge is -2.34. The maximum absolute atomic E-state index is 14.4. The molecule has 0 aliphatic carbocycles. The van der Waals surface area contributed by atoms with Crippen molar-refractivity contribution < 1.29 is 33.3 Å². The first kappa shape index (κ1) is 23.7. The molecule has 30 heavy (non-hydrogen) atoms. The number of esters is 2. The molecule has 4 atom stereocenters. The Hall–Kier alpha value is -2.53. The molecule has 1 fully saturated rings. The highest BCUT2D eigenvalue weighted by Crippen LogP contribution is 2.46. The van der Waals surface area contributed by atoms with Gasteiger partial charge in [0.25, 0.3) is 0 Å². The van der Waals surface area contributed by atoms with Crippen LogP contribution in [-0.2, 0) is 23.8 Å². The van der Waals surface area contributed by atoms with Gasteiger partial charge in [0.2, 0.25) is 0 Å². The molecule has 1 aliphatic heterocycles. The van der Waals surface area contributed by atoms with E-state index in [1.54, 1.807) is 27.7 Å². The molecule has 168 valence electrons. The van der Waals surface area contributed by atoms with E-state index in [0.29, 0.717) is 0 Å². The predicted molar refractivity (Wildman–Crippen MR) is 103 cm³/mol. The molecule has 0 aromatic carbocycles. The summed E-state index contributed by atoms with van der Waals surface area (Å²) in [6, 6.07) is 1.30. The summed E-state index contributed by atoms with van der Waals surface area (Å²) in [5, 5.41) is 11.2. The molecule has 1 aromatic heterocycles. The number of anilines is 1. The largest absolute Gasteiger partial charge is 0.462 e. The highest BCUT2D eigenvalue weighted by Gasteiger charge is 2.65. The molecule has 1 aliphatic rings. The number of nitrogen functional groups attached to an aromatic ring is 1. The number of aromatic nitrogens is 2. The van der Waals surface area contributed by atoms with Crippen molar-refractivity contribution in [2.45, 2.75) is 58.2 Å². The van der Waals surface area contributed by atoms with Crippen LogP contribution in [0.15, 0.2) is 17.1 Å². The minimum absolute atomic E-state index is 0.0562. The van der Waals surface area contributed by atoms with E-state index in [9.17, 15) is 23.9 Å². The fraction of sp³-hybridized carbons (Fsp3) is 0.684. The number of halogens is 1. The van der Waals surface area contributed by atoms with Crippen LogP contribution in [0.3, 0.4) is 0 Å². The van der Waals surface area contributed by atoms with Gasteiger partial charge >= 0.3 is 17.6 Å². The van der Waals surface area contributed by atoms with Gasteiger partial charge in [-0.05, 0) is 13.0 Å². The molecule has 0 saturated carbocycles. The molecule has 11 heteroatoms. The summed E-state index contributed by atoms with van der Waals surface area (Å²) in [5.74, 6) is -2.49. The normalized spacial score (nSPS) is 28.7. The number of hydrogen-bond acceptors (Lipinski definition) is 9. The molecular formula is C19H28FN3O7. The van der Waals surface area contributed by atoms with Gasteiger partial charge in [-0.1, -0.05) is 27.7 Å². The quantitative estimate of drug-likeness (QED) is 0.595. The number of ether oxygens (including phenoxy) is 3. The molecule has 0 amide bonds. The van der Waals surface area contributed by atoms with Crippen LogP contribution in [0.1, 0.15) is 40.8 Å². The topological polar surface area (TPSA) is 143 Å². The number of nitrogens with zero attached hydrogens (tertiary/aromatic N) is 2. The maximum atomic E-state index is 14.4. The molecular weight excluding hydrogens is 401 g/mol. The monoisotopic (exact) mass is 429 g/mol. The Morgan fingerprint density at radius 2 is 1.93 bits per heavy atom. The highest BCUT2D eigenvalue weighted by atomic mass is 19.1. The third-order valence-corrected chi connectivity index (χ3v) is 4.82. The molecule has 0 bridgehead atoms. The average molecular weight is 429 g/mol. The van der Waals surface area contributed by atoms with Crippen molar-refractivity contribution in [1.82, 2.24) is 9.55 Å². The minimum atomic E-state index is -2.07. The minimum Gasteiger partial charge on any atom is -0.462 e. The van der Waals surface area contributed by atoms with Crippen molar-refractivity contribution in [2.24, 2.45) is 11.8 Å². The van der Waals surface area contributed by atoms with Gasteiger partial charge in [-0.2, -0.15) is 4.98 Å². The predicted octanol–water partition coefficient (Wildman–Crippen LogP) is 0.581. The first-order chi connectivity index (χ1) is 13.9. The Kier molecular flexibility index (Phi) is 6.87. The fourth-order valence-corrected chi connectivity index (χ4v) is 3.10. The standard InChI is InChI=1S/C19H28FN3O7/c1-10(2)13(24)28-9-19(8-20)15(29-14(25)11(3)4)18(5,27)16(30-19)23-7-6-12(21)22-17(23)26/h6-7,10-11,15-16,27H,8-9H2,1-5H3,(H2,21,22,26)/t15-,16+,18+,19+/m0/s1. The molecule has 0 unspecified atom stereocenters. The summed E-state index contributed by atoms with van der Waals surface area (Å²) in [5.41, 5.74) is 0.532. The zero-order chi connectivity index (χ0) is 22.9. The number of alkyl halides is 1. The van der Waals surface area contributed by atoms with E-state index in [1.807, 2.05) is 0 Å². The van der Waals surface area contributed by atoms with Crippen LogP contribution in [0, 0.1) is 11.8 Å². The maximum Gasteiger partial charge on any atom is 0.351 e. The fourth-order valence-electron chi connectivity index (χ4n) is 3.10. The number of carbonyl (C=O) groups excluding carboxylic acids is 2. The van der Waals surface area contributed by atoms with Crippen LogP contribution in [-0.4, -0.2) is 57.2 Å². The van der Waals surface area contributed by atoms with Gasteiger partial charge in [-0.25, -0.2) is 9.18 Å². The molecule has 1 saturated heterocycles. The second-order valence-corrected chi connectivity index (χ2v) is 8.17. The van der Waals surface area contributed by atoms with Crippen molar-refractivity contribution in [1.29, 1.82) is 0 Å². The molecule has 0 radical (unpaired) electrons. The summed E-state index contributed by atoms with van der Waals surface area (Å²) < 4.78 is 31.6. The van der Waals surface area contributed by atoms with E-state index in [0.717, 1.165) is 4.57 Å². The van der Waals surface area contributed by atoms with Gasteiger partial charge in [0.05, 0.1) is 11.8 Å². The lowest BCUT2D eigenvalue weighted by molar-refractivity contribution is -0.186. The summed E-state index contributed by atoms with van der Waals surface area (Å²) >= 11 is 0. The van der Waals surface area contributed by atoms with Crippen LogP contribution in [0.5, 0.6) is 0 Å². The summed E-state index contributed by atoms with van der Waals surface area (Å²) in [6.45, 7) is 5.64. The van der Waals surface area contributed by atoms with Crippen LogP contribution >= 0.6 is 0 Å². The molecule has 2 rings (SSSR count). The number of hydrogen-bond donors (Lipinski definition) is 2. The smallest absolute Gasteiger partial charge is 0.351 e. The summed E-state index contributed by atoms with van der Waals surface area (Å²) in [4.78, 5) is 40.1. The second-order valence-electron chi connectivity index (χ2n) is 8.17. The number of rotatable bonds is 7. The molecule has 1 aromatic rings. The summed E-state index contributed by atoms with van der Waals surface area (Å²) in [6.07, 6.45) is -1.85. The first-order valence-electron chi connectivity index (χ1n) is 9.53. The number of nitrogens with two attached hydrogens (primary N) is 1. The van der Waals surface area contributed by atoms with E-state index in [1.165, 1.54) is 19.2 Å². The van der Waals surface area contributed by atoms with Gasteiger partial charge in [0, 0.05) is 6.20 Å². The summed E-state index contributed by atoms with van der Waals surface area (Å²) in [7, 11) is 0. The SMILES string of the molecule is CC(C)C(=O)OC[C@@]1(CF)O[C@@H](n2ccc(N)nc2=O)[C@](C)(O)[C@@H]1OC(=O)C(C)C. The third kappa shape index (κ3) is 4.46. The van der Waals surface area contributed by atoms with Crippen molar-refractivity contribution in [3.63, 3.8) is 0 Å². The van der Waals surface area contributed by atoms with Gasteiger partial charge in [-0.15, -0.1) is 0 Å². The average Bonchev–Trinajstić information content (AvgIpc) is 2.87. The Balaban J connectivity index is 2.52. The molecule has 10 nitrogen and oxygen atoms in total. The Morgan fingerprint density at radius 1 is 1.33 bits per heavy atom. The van der Waals surface area contributed by atoms with Crippen LogP contribution in [0.4, 0.5) is 10.2 Å². The van der Waals surface area contributed by atoms with E-state index < -0.39 is 66.3 Å². The second kappa shape index (κ2) is 8.68. The van der Waals surface area contributed by atoms with Crippen LogP contribution in [0.2, 0.25) is 0 Å². The van der Waals surface area contributed by atoms with E-state index >= 15 is 0 Å². The van der Waals surface area contributed by atoms with Gasteiger partial charge in [0.1, 0.15) is 24.7 Å². The lowest BCUT2D eigenvalue weighted by atomic mass is 9.88. The van der Waals surface area contributed by atoms with Gasteiger partial charge in [-0.3, -0.25) is 14.2 Å². The van der Waals surface area contributed by atoms with Crippen LogP contribution < -0.4 is 11.4 Å². The van der Waals surface area contributed by atoms with Crippen LogP contribution in [0.25, 0.3) is 0 Å². The van der Waals surface area contributed by atoms with E-state index in [-0.39, 0.29) is 5.82 Å². The molecule has 0 spiro atoms. The zero-order valence-corrected chi connectivity index (χ0v) is 17.6. The van der Waals surface area contributed by atoms with E-state index in [4.69, 9.17) is 19.9 Å². The number of carbonyl (C=O) groups is 2. The Labute approximate surface area is 173 Å². The lowest BCUT2D eigenvalue weighted by Crippen LogP contribution is -2.56. The molecule has 3 N–H and O–H groups in total. The van der Waals surface area contributed by atoms with Crippen molar-refractivity contribution in [3.05, 3.63) is 22.7 Å². The van der Waals surface area contributed by atoms with Gasteiger partial charge < -0.3 is 25.1 Å². The Bertz CT molecular complexity index is 855. The Morgan fingerprint density at radius 3 is 2.43 bits per heavy atom. The zero-order valence-electron chi connectivity index (χ0n) is 17.6. The van der Waals surface area contributed by atoms with Crippen molar-refractivity contribution in [3.8, 4) is 0 Å². The first-order valence-corrected chi connectivity index (χ1v) is 9.53. The van der Waals surface area contributed by atoms with Gasteiger partial charge in [0.15, 0.2) is 17.9 Å². The third-order valence-electron chi connectivity index (χ3n) is 4.82.